The topological polar surface area (TPSA) is 127 Å². The van der Waals surface area contributed by atoms with E-state index in [-0.39, 0.29) is 12.1 Å². The predicted octanol–water partition coefficient (Wildman–Crippen LogP) is 1.54. The number of nitrogens with two attached hydrogens (primary N) is 1. The van der Waals surface area contributed by atoms with Crippen LogP contribution in [0.2, 0.25) is 0 Å². The summed E-state index contributed by atoms with van der Waals surface area (Å²) >= 11 is 0. The van der Waals surface area contributed by atoms with E-state index in [0.717, 1.165) is 0 Å². The van der Waals surface area contributed by atoms with Gasteiger partial charge >= 0.3 is 0 Å². The Hall–Kier alpha value is -2.64. The van der Waals surface area contributed by atoms with Crippen LogP contribution >= 0.6 is 0 Å². The van der Waals surface area contributed by atoms with Gasteiger partial charge in [0.1, 0.15) is 0 Å². The fourth-order valence-corrected chi connectivity index (χ4v) is 1.97. The molecule has 2 aromatic rings. The first kappa shape index (κ1) is 13.8. The number of nitrogens with one attached hydrogen (secondary N) is 2. The lowest BCUT2D eigenvalue weighted by Gasteiger charge is -2.24. The van der Waals surface area contributed by atoms with Crippen molar-refractivity contribution in [3.63, 3.8) is 0 Å². The van der Waals surface area contributed by atoms with Crippen molar-refractivity contribution < 1.29 is 9.72 Å². The molecule has 0 bridgehead atoms. The maximum atomic E-state index is 11.0. The lowest BCUT2D eigenvalue weighted by molar-refractivity contribution is -0.384. The molecule has 4 N–H and O–H groups in total. The van der Waals surface area contributed by atoms with Crippen LogP contribution in [0.4, 0.5) is 11.6 Å². The van der Waals surface area contributed by atoms with E-state index in [4.69, 9.17) is 5.73 Å². The Morgan fingerprint density at radius 2 is 2.25 bits per heavy atom. The molecule has 0 aliphatic rings. The zero-order valence-corrected chi connectivity index (χ0v) is 11.1. The number of H-pyrrole nitrogens is 1. The van der Waals surface area contributed by atoms with Crippen molar-refractivity contribution in [1.82, 2.24) is 9.97 Å². The van der Waals surface area contributed by atoms with Crippen LogP contribution in [0.1, 0.15) is 20.3 Å². The highest BCUT2D eigenvalue weighted by molar-refractivity contribution is 5.80. The number of fused-ring (bicyclic) bond motifs is 1. The van der Waals surface area contributed by atoms with Crippen molar-refractivity contribution >= 4 is 28.6 Å². The molecule has 0 unspecified atom stereocenters. The molecule has 8 nitrogen and oxygen atoms in total. The van der Waals surface area contributed by atoms with E-state index in [1.807, 2.05) is 13.8 Å². The van der Waals surface area contributed by atoms with Gasteiger partial charge < -0.3 is 16.0 Å². The van der Waals surface area contributed by atoms with Crippen LogP contribution in [0.15, 0.2) is 18.2 Å². The van der Waals surface area contributed by atoms with Gasteiger partial charge in [-0.05, 0) is 19.9 Å². The summed E-state index contributed by atoms with van der Waals surface area (Å²) in [7, 11) is 0. The summed E-state index contributed by atoms with van der Waals surface area (Å²) in [6.07, 6.45) is 0.143. The number of nitro groups is 1. The number of nitro benzene ring substituents is 1. The lowest BCUT2D eigenvalue weighted by atomic mass is 10.0. The molecule has 0 radical (unpaired) electrons. The van der Waals surface area contributed by atoms with Crippen molar-refractivity contribution in [1.29, 1.82) is 0 Å². The first-order valence-electron chi connectivity index (χ1n) is 5.97. The third-order valence-corrected chi connectivity index (χ3v) is 2.75. The Balaban J connectivity index is 2.28. The zero-order chi connectivity index (χ0) is 14.9. The number of amides is 1. The number of primary amides is 1. The molecule has 1 heterocycles. The van der Waals surface area contributed by atoms with Crippen LogP contribution in [0, 0.1) is 10.1 Å². The molecule has 0 fully saturated rings. The Kier molecular flexibility index (Phi) is 3.31. The minimum Gasteiger partial charge on any atom is -0.370 e. The molecular formula is C12H15N5O3. The largest absolute Gasteiger partial charge is 0.370 e. The van der Waals surface area contributed by atoms with E-state index in [1.165, 1.54) is 12.1 Å². The molecule has 2 rings (SSSR count). The van der Waals surface area contributed by atoms with Crippen LogP contribution in [0.5, 0.6) is 0 Å². The van der Waals surface area contributed by atoms with Gasteiger partial charge in [0.2, 0.25) is 11.9 Å². The van der Waals surface area contributed by atoms with Crippen LogP contribution in [0.25, 0.3) is 11.0 Å². The van der Waals surface area contributed by atoms with Gasteiger partial charge in [-0.2, -0.15) is 0 Å². The van der Waals surface area contributed by atoms with Crippen LogP contribution in [0.3, 0.4) is 0 Å². The number of benzene rings is 1. The summed E-state index contributed by atoms with van der Waals surface area (Å²) in [6.45, 7) is 3.63. The van der Waals surface area contributed by atoms with E-state index in [1.54, 1.807) is 6.07 Å². The van der Waals surface area contributed by atoms with Gasteiger partial charge in [-0.15, -0.1) is 0 Å². The number of carbonyl (C=O) groups is 1. The summed E-state index contributed by atoms with van der Waals surface area (Å²) in [5.74, 6) is 0.0148. The molecule has 106 valence electrons. The minimum absolute atomic E-state index is 0.0101. The number of rotatable bonds is 5. The molecule has 8 heteroatoms. The van der Waals surface area contributed by atoms with Gasteiger partial charge in [-0.3, -0.25) is 14.9 Å². The average Bonchev–Trinajstić information content (AvgIpc) is 2.66. The Morgan fingerprint density at radius 3 is 2.85 bits per heavy atom. The maximum absolute atomic E-state index is 11.0. The van der Waals surface area contributed by atoms with Crippen molar-refractivity contribution in [2.75, 3.05) is 5.32 Å². The fraction of sp³-hybridized carbons (Fsp3) is 0.333. The molecule has 0 saturated carbocycles. The fourth-order valence-electron chi connectivity index (χ4n) is 1.97. The SMILES string of the molecule is CC(C)(CC(N)=O)Nc1nc2ccc([N+](=O)[O-])cc2[nH]1. The molecule has 0 spiro atoms. The van der Waals surface area contributed by atoms with E-state index >= 15 is 0 Å². The number of non-ortho nitro benzene ring substituents is 1. The number of carbonyl (C=O) groups excluding carboxylic acids is 1. The van der Waals surface area contributed by atoms with E-state index in [9.17, 15) is 14.9 Å². The van der Waals surface area contributed by atoms with Crippen LogP contribution < -0.4 is 11.1 Å². The standard InChI is InChI=1S/C12H15N5O3/c1-12(2,6-10(13)18)16-11-14-8-4-3-7(17(19)20)5-9(8)15-11/h3-5H,6H2,1-2H3,(H2,13,18)(H2,14,15,16). The van der Waals surface area contributed by atoms with E-state index < -0.39 is 16.4 Å². The Bertz CT molecular complexity index is 677. The number of hydrogen-bond acceptors (Lipinski definition) is 5. The Labute approximate surface area is 114 Å². The van der Waals surface area contributed by atoms with Gasteiger partial charge in [-0.1, -0.05) is 0 Å². The van der Waals surface area contributed by atoms with Crippen molar-refractivity contribution in [2.45, 2.75) is 25.8 Å². The molecule has 0 atom stereocenters. The third kappa shape index (κ3) is 3.02. The van der Waals surface area contributed by atoms with Crippen molar-refractivity contribution in [2.24, 2.45) is 5.73 Å². The number of aromatic nitrogens is 2. The van der Waals surface area contributed by atoms with Gasteiger partial charge in [0.05, 0.1) is 16.0 Å². The molecule has 1 aromatic heterocycles. The first-order valence-corrected chi connectivity index (χ1v) is 5.97. The molecular weight excluding hydrogens is 262 g/mol. The summed E-state index contributed by atoms with van der Waals surface area (Å²) in [6, 6.07) is 4.37. The van der Waals surface area contributed by atoms with E-state index in [2.05, 4.69) is 15.3 Å². The molecule has 0 saturated heterocycles. The molecule has 0 aliphatic carbocycles. The Morgan fingerprint density at radius 1 is 1.55 bits per heavy atom. The highest BCUT2D eigenvalue weighted by Crippen LogP contribution is 2.22. The summed E-state index contributed by atoms with van der Waals surface area (Å²) in [5.41, 5.74) is 5.76. The smallest absolute Gasteiger partial charge is 0.271 e. The lowest BCUT2D eigenvalue weighted by Crippen LogP contribution is -2.36. The predicted molar refractivity (Wildman–Crippen MR) is 74.3 cm³/mol. The first-order chi connectivity index (χ1) is 9.27. The minimum atomic E-state index is -0.564. The third-order valence-electron chi connectivity index (χ3n) is 2.75. The van der Waals surface area contributed by atoms with Crippen LogP contribution in [-0.4, -0.2) is 26.3 Å². The number of aromatic amines is 1. The van der Waals surface area contributed by atoms with Gasteiger partial charge in [0.25, 0.3) is 5.69 Å². The second-order valence-corrected chi connectivity index (χ2v) is 5.20. The normalized spacial score (nSPS) is 11.5. The summed E-state index contributed by atoms with van der Waals surface area (Å²) in [4.78, 5) is 28.4. The van der Waals surface area contributed by atoms with Gasteiger partial charge in [0.15, 0.2) is 0 Å². The highest BCUT2D eigenvalue weighted by Gasteiger charge is 2.22. The van der Waals surface area contributed by atoms with Crippen molar-refractivity contribution in [3.05, 3.63) is 28.3 Å². The molecule has 20 heavy (non-hydrogen) atoms. The van der Waals surface area contributed by atoms with Gasteiger partial charge in [0, 0.05) is 24.1 Å². The number of anilines is 1. The van der Waals surface area contributed by atoms with Gasteiger partial charge in [-0.25, -0.2) is 4.98 Å². The van der Waals surface area contributed by atoms with Crippen LogP contribution in [-0.2, 0) is 4.79 Å². The number of hydrogen-bond donors (Lipinski definition) is 3. The number of imidazole rings is 1. The molecule has 1 amide bonds. The number of nitrogens with zero attached hydrogens (tertiary/aromatic N) is 2. The average molecular weight is 277 g/mol. The summed E-state index contributed by atoms with van der Waals surface area (Å²) < 4.78 is 0. The van der Waals surface area contributed by atoms with E-state index in [0.29, 0.717) is 17.0 Å². The quantitative estimate of drug-likeness (QED) is 0.564. The zero-order valence-electron chi connectivity index (χ0n) is 11.1. The summed E-state index contributed by atoms with van der Waals surface area (Å²) in [5, 5.41) is 13.8. The second-order valence-electron chi connectivity index (χ2n) is 5.20. The van der Waals surface area contributed by atoms with Crippen molar-refractivity contribution in [3.8, 4) is 0 Å². The monoisotopic (exact) mass is 277 g/mol. The molecule has 1 aromatic carbocycles. The molecule has 0 aliphatic heterocycles. The highest BCUT2D eigenvalue weighted by atomic mass is 16.6. The second kappa shape index (κ2) is 4.80. The maximum Gasteiger partial charge on any atom is 0.271 e.